The Labute approximate surface area is 250 Å². The summed E-state index contributed by atoms with van der Waals surface area (Å²) in [6.45, 7) is 6.55. The van der Waals surface area contributed by atoms with Crippen LogP contribution in [0.1, 0.15) is 33.3 Å². The highest BCUT2D eigenvalue weighted by Crippen LogP contribution is 2.27. The maximum Gasteiger partial charge on any atom is 0.264 e. The predicted molar refractivity (Wildman–Crippen MR) is 158 cm³/mol. The minimum Gasteiger partial charge on any atom is -0.494 e. The molecule has 1 N–H and O–H groups in total. The Morgan fingerprint density at radius 3 is 2.17 bits per heavy atom. The lowest BCUT2D eigenvalue weighted by Crippen LogP contribution is -2.52. The first-order chi connectivity index (χ1) is 19.3. The van der Waals surface area contributed by atoms with Crippen LogP contribution in [-0.2, 0) is 26.2 Å². The number of halogens is 3. The molecule has 0 aliphatic heterocycles. The van der Waals surface area contributed by atoms with E-state index in [-0.39, 0.29) is 28.2 Å². The standard InChI is InChI=1S/C29H32Cl2FN3O5S/c1-5-40-25-12-14-26(15-13-25)41(38,39)35(24-10-8-23(32)9-11-24)18-28(36)34(20(4)29(37)33-19(2)3)17-21-6-7-22(30)16-27(21)31/h6-16,19-20H,5,17-18H2,1-4H3,(H,33,37)/t20-/m0/s1. The fraction of sp³-hybridized carbons (Fsp3) is 0.310. The third-order valence-electron chi connectivity index (χ3n) is 6.07. The SMILES string of the molecule is CCOc1ccc(S(=O)(=O)N(CC(=O)N(Cc2ccc(Cl)cc2Cl)[C@@H](C)C(=O)NC(C)C)c2ccc(F)cc2)cc1. The molecule has 0 aliphatic rings. The number of rotatable bonds is 12. The highest BCUT2D eigenvalue weighted by molar-refractivity contribution is 7.92. The number of anilines is 1. The minimum atomic E-state index is -4.32. The van der Waals surface area contributed by atoms with Crippen LogP contribution in [0.15, 0.2) is 71.6 Å². The number of hydrogen-bond acceptors (Lipinski definition) is 5. The van der Waals surface area contributed by atoms with Crippen LogP contribution in [0.2, 0.25) is 10.0 Å². The molecule has 0 unspecified atom stereocenters. The number of ether oxygens (including phenoxy) is 1. The summed E-state index contributed by atoms with van der Waals surface area (Å²) >= 11 is 12.4. The fourth-order valence-corrected chi connectivity index (χ4v) is 5.84. The van der Waals surface area contributed by atoms with Gasteiger partial charge < -0.3 is 15.0 Å². The van der Waals surface area contributed by atoms with E-state index >= 15 is 0 Å². The van der Waals surface area contributed by atoms with Crippen LogP contribution in [0, 0.1) is 5.82 Å². The van der Waals surface area contributed by atoms with Crippen molar-refractivity contribution in [2.24, 2.45) is 0 Å². The minimum absolute atomic E-state index is 0.0670. The molecule has 0 saturated heterocycles. The van der Waals surface area contributed by atoms with Crippen LogP contribution in [0.25, 0.3) is 0 Å². The van der Waals surface area contributed by atoms with Gasteiger partial charge >= 0.3 is 0 Å². The van der Waals surface area contributed by atoms with Gasteiger partial charge in [0.25, 0.3) is 10.0 Å². The molecule has 0 fully saturated rings. The average Bonchev–Trinajstić information content (AvgIpc) is 2.91. The van der Waals surface area contributed by atoms with Crippen molar-refractivity contribution < 1.29 is 27.1 Å². The molecular weight excluding hydrogens is 592 g/mol. The van der Waals surface area contributed by atoms with Crippen LogP contribution >= 0.6 is 23.2 Å². The molecule has 0 bridgehead atoms. The van der Waals surface area contributed by atoms with E-state index < -0.39 is 40.2 Å². The highest BCUT2D eigenvalue weighted by atomic mass is 35.5. The maximum absolute atomic E-state index is 13.9. The van der Waals surface area contributed by atoms with Gasteiger partial charge in [0.15, 0.2) is 0 Å². The molecule has 0 radical (unpaired) electrons. The van der Waals surface area contributed by atoms with Gasteiger partial charge in [-0.15, -0.1) is 0 Å². The van der Waals surface area contributed by atoms with Crippen molar-refractivity contribution in [2.45, 2.75) is 51.2 Å². The Hall–Kier alpha value is -3.34. The number of nitrogens with zero attached hydrogens (tertiary/aromatic N) is 2. The molecule has 2 amide bonds. The van der Waals surface area contributed by atoms with Gasteiger partial charge in [0.2, 0.25) is 11.8 Å². The van der Waals surface area contributed by atoms with E-state index in [4.69, 9.17) is 27.9 Å². The second-order valence-corrected chi connectivity index (χ2v) is 12.2. The summed E-state index contributed by atoms with van der Waals surface area (Å²) < 4.78 is 47.8. The van der Waals surface area contributed by atoms with E-state index in [0.29, 0.717) is 22.9 Å². The first-order valence-corrected chi connectivity index (χ1v) is 15.1. The van der Waals surface area contributed by atoms with Gasteiger partial charge in [-0.05, 0) is 93.9 Å². The van der Waals surface area contributed by atoms with Crippen LogP contribution < -0.4 is 14.4 Å². The van der Waals surface area contributed by atoms with Gasteiger partial charge in [0.1, 0.15) is 24.2 Å². The summed E-state index contributed by atoms with van der Waals surface area (Å²) in [6.07, 6.45) is 0. The molecular formula is C29H32Cl2FN3O5S. The molecule has 3 aromatic rings. The first kappa shape index (κ1) is 32.2. The Balaban J connectivity index is 2.04. The Morgan fingerprint density at radius 1 is 0.976 bits per heavy atom. The summed E-state index contributed by atoms with van der Waals surface area (Å²) in [5, 5.41) is 3.45. The Morgan fingerprint density at radius 2 is 1.61 bits per heavy atom. The Kier molecular flexibility index (Phi) is 11.0. The molecule has 0 aliphatic carbocycles. The van der Waals surface area contributed by atoms with Gasteiger partial charge in [-0.25, -0.2) is 12.8 Å². The second-order valence-electron chi connectivity index (χ2n) is 9.49. The number of hydrogen-bond donors (Lipinski definition) is 1. The van der Waals surface area contributed by atoms with Crippen molar-refractivity contribution in [2.75, 3.05) is 17.5 Å². The quantitative estimate of drug-likeness (QED) is 0.280. The lowest BCUT2D eigenvalue weighted by atomic mass is 10.1. The summed E-state index contributed by atoms with van der Waals surface area (Å²) in [4.78, 5) is 28.0. The van der Waals surface area contributed by atoms with Gasteiger partial charge in [-0.1, -0.05) is 29.3 Å². The lowest BCUT2D eigenvalue weighted by Gasteiger charge is -2.32. The van der Waals surface area contributed by atoms with Crippen molar-refractivity contribution >= 4 is 50.7 Å². The normalized spacial score (nSPS) is 12.1. The highest BCUT2D eigenvalue weighted by Gasteiger charge is 2.33. The number of amides is 2. The monoisotopic (exact) mass is 623 g/mol. The largest absolute Gasteiger partial charge is 0.494 e. The smallest absolute Gasteiger partial charge is 0.264 e. The van der Waals surface area contributed by atoms with Crippen molar-refractivity contribution in [3.63, 3.8) is 0 Å². The zero-order valence-corrected chi connectivity index (χ0v) is 25.4. The topological polar surface area (TPSA) is 96.0 Å². The zero-order chi connectivity index (χ0) is 30.3. The third-order valence-corrected chi connectivity index (χ3v) is 8.45. The van der Waals surface area contributed by atoms with Gasteiger partial charge in [0.05, 0.1) is 17.2 Å². The van der Waals surface area contributed by atoms with Gasteiger partial charge in [-0.2, -0.15) is 0 Å². The molecule has 3 aromatic carbocycles. The van der Waals surface area contributed by atoms with Crippen LogP contribution in [0.4, 0.5) is 10.1 Å². The molecule has 3 rings (SSSR count). The first-order valence-electron chi connectivity index (χ1n) is 12.9. The number of carbonyl (C=O) groups is 2. The summed E-state index contributed by atoms with van der Waals surface area (Å²) in [5.74, 6) is -1.20. The molecule has 220 valence electrons. The molecule has 0 saturated carbocycles. The molecule has 0 aromatic heterocycles. The second kappa shape index (κ2) is 14.0. The van der Waals surface area contributed by atoms with Gasteiger partial charge in [-0.3, -0.25) is 13.9 Å². The van der Waals surface area contributed by atoms with Crippen LogP contribution in [0.5, 0.6) is 5.75 Å². The van der Waals surface area contributed by atoms with E-state index in [2.05, 4.69) is 5.32 Å². The number of sulfonamides is 1. The van der Waals surface area contributed by atoms with Crippen molar-refractivity contribution in [1.29, 1.82) is 0 Å². The van der Waals surface area contributed by atoms with E-state index in [0.717, 1.165) is 16.4 Å². The number of carbonyl (C=O) groups excluding carboxylic acids is 2. The zero-order valence-electron chi connectivity index (χ0n) is 23.1. The third kappa shape index (κ3) is 8.34. The predicted octanol–water partition coefficient (Wildman–Crippen LogP) is 5.67. The number of nitrogens with one attached hydrogen (secondary N) is 1. The summed E-state index contributed by atoms with van der Waals surface area (Å²) in [7, 11) is -4.32. The maximum atomic E-state index is 13.9. The van der Waals surface area contributed by atoms with E-state index in [1.54, 1.807) is 39.8 Å². The van der Waals surface area contributed by atoms with Gasteiger partial charge in [0, 0.05) is 22.6 Å². The van der Waals surface area contributed by atoms with E-state index in [9.17, 15) is 22.4 Å². The van der Waals surface area contributed by atoms with Crippen molar-refractivity contribution in [3.05, 3.63) is 88.2 Å². The van der Waals surface area contributed by atoms with Crippen LogP contribution in [0.3, 0.4) is 0 Å². The van der Waals surface area contributed by atoms with Crippen molar-refractivity contribution in [3.8, 4) is 5.75 Å². The lowest BCUT2D eigenvalue weighted by molar-refractivity contribution is -0.139. The average molecular weight is 625 g/mol. The summed E-state index contributed by atoms with van der Waals surface area (Å²) in [6, 6.07) is 14.1. The fourth-order valence-electron chi connectivity index (χ4n) is 3.96. The molecule has 41 heavy (non-hydrogen) atoms. The molecule has 0 spiro atoms. The molecule has 8 nitrogen and oxygen atoms in total. The summed E-state index contributed by atoms with van der Waals surface area (Å²) in [5.41, 5.74) is 0.578. The molecule has 12 heteroatoms. The molecule has 1 atom stereocenters. The van der Waals surface area contributed by atoms with E-state index in [1.807, 2.05) is 0 Å². The number of benzene rings is 3. The Bertz CT molecular complexity index is 1470. The van der Waals surface area contributed by atoms with Crippen molar-refractivity contribution in [1.82, 2.24) is 10.2 Å². The molecule has 0 heterocycles. The van der Waals surface area contributed by atoms with E-state index in [1.165, 1.54) is 47.4 Å². The van der Waals surface area contributed by atoms with Crippen LogP contribution in [-0.4, -0.2) is 50.4 Å².